The molecule has 30 heavy (non-hydrogen) atoms. The molecular weight excluding hydrogens is 398 g/mol. The highest BCUT2D eigenvalue weighted by Gasteiger charge is 2.45. The summed E-state index contributed by atoms with van der Waals surface area (Å²) in [6.45, 7) is 5.70. The fraction of sp³-hybridized carbons (Fsp3) is 0.217. The van der Waals surface area contributed by atoms with Crippen LogP contribution < -0.4 is 0 Å². The van der Waals surface area contributed by atoms with Crippen LogP contribution in [0.1, 0.15) is 43.2 Å². The molecule has 6 nitrogen and oxygen atoms in total. The molecule has 1 N–H and O–H groups in total. The Hall–Kier alpha value is -3.32. The van der Waals surface area contributed by atoms with Gasteiger partial charge in [-0.3, -0.25) is 14.6 Å². The first-order valence-electron chi connectivity index (χ1n) is 9.56. The van der Waals surface area contributed by atoms with Crippen LogP contribution in [0.4, 0.5) is 0 Å². The van der Waals surface area contributed by atoms with E-state index in [1.54, 1.807) is 19.2 Å². The minimum atomic E-state index is -0.699. The number of Topliss-reactive ketones (excluding diaryl/α,β-unsaturated/α-hetero) is 1. The zero-order valence-corrected chi connectivity index (χ0v) is 17.7. The molecule has 0 bridgehead atoms. The van der Waals surface area contributed by atoms with Gasteiger partial charge in [0.2, 0.25) is 5.78 Å². The van der Waals surface area contributed by atoms with Gasteiger partial charge in [-0.15, -0.1) is 11.3 Å². The molecule has 0 radical (unpaired) electrons. The number of amides is 1. The molecule has 1 atom stereocenters. The average Bonchev–Trinajstić information content (AvgIpc) is 3.19. The molecule has 152 valence electrons. The van der Waals surface area contributed by atoms with Gasteiger partial charge in [-0.25, -0.2) is 4.98 Å². The Morgan fingerprint density at radius 2 is 1.87 bits per heavy atom. The van der Waals surface area contributed by atoms with E-state index in [2.05, 4.69) is 9.97 Å². The minimum absolute atomic E-state index is 0.0944. The smallest absolute Gasteiger partial charge is 0.290 e. The van der Waals surface area contributed by atoms with E-state index in [0.717, 1.165) is 16.1 Å². The standard InChI is InChI=1S/C23H21N3O3S/c1-13-8-4-5-10-17(13)19-18(20(27)22-14(2)25-15(3)30-22)21(28)23(29)26(19)12-16-9-6-7-11-24-16/h4-11,19,28H,12H2,1-3H3. The summed E-state index contributed by atoms with van der Waals surface area (Å²) in [7, 11) is 0. The van der Waals surface area contributed by atoms with Gasteiger partial charge in [-0.1, -0.05) is 30.3 Å². The maximum absolute atomic E-state index is 13.5. The van der Waals surface area contributed by atoms with Gasteiger partial charge in [0, 0.05) is 6.20 Å². The number of hydrogen-bond donors (Lipinski definition) is 1. The molecule has 0 saturated heterocycles. The lowest BCUT2D eigenvalue weighted by Crippen LogP contribution is -2.31. The summed E-state index contributed by atoms with van der Waals surface area (Å²) in [5.74, 6) is -1.44. The third kappa shape index (κ3) is 3.41. The van der Waals surface area contributed by atoms with E-state index < -0.39 is 17.7 Å². The quantitative estimate of drug-likeness (QED) is 0.626. The number of aliphatic hydroxyl groups is 1. The van der Waals surface area contributed by atoms with Gasteiger partial charge in [0.05, 0.1) is 39.4 Å². The minimum Gasteiger partial charge on any atom is -0.503 e. The fourth-order valence-corrected chi connectivity index (χ4v) is 4.67. The van der Waals surface area contributed by atoms with E-state index in [0.29, 0.717) is 16.3 Å². The first kappa shape index (κ1) is 20.0. The van der Waals surface area contributed by atoms with Crippen molar-refractivity contribution in [2.24, 2.45) is 0 Å². The number of aliphatic hydroxyl groups excluding tert-OH is 1. The number of pyridine rings is 1. The van der Waals surface area contributed by atoms with Crippen LogP contribution in [0.15, 0.2) is 60.0 Å². The Morgan fingerprint density at radius 3 is 2.50 bits per heavy atom. The summed E-state index contributed by atoms with van der Waals surface area (Å²) in [5.41, 5.74) is 3.10. The summed E-state index contributed by atoms with van der Waals surface area (Å²) in [6.07, 6.45) is 1.65. The van der Waals surface area contributed by atoms with Crippen molar-refractivity contribution >= 4 is 23.0 Å². The first-order chi connectivity index (χ1) is 14.4. The lowest BCUT2D eigenvalue weighted by molar-refractivity contribution is -0.130. The van der Waals surface area contributed by atoms with Gasteiger partial charge < -0.3 is 10.0 Å². The molecular formula is C23H21N3O3S. The Morgan fingerprint density at radius 1 is 1.13 bits per heavy atom. The number of hydrogen-bond acceptors (Lipinski definition) is 6. The van der Waals surface area contributed by atoms with Crippen LogP contribution in [-0.2, 0) is 11.3 Å². The van der Waals surface area contributed by atoms with E-state index in [9.17, 15) is 14.7 Å². The number of thiazole rings is 1. The van der Waals surface area contributed by atoms with Crippen molar-refractivity contribution in [1.82, 2.24) is 14.9 Å². The third-order valence-electron chi connectivity index (χ3n) is 5.20. The van der Waals surface area contributed by atoms with Crippen molar-refractivity contribution in [1.29, 1.82) is 0 Å². The molecule has 1 unspecified atom stereocenters. The molecule has 0 aliphatic carbocycles. The molecule has 1 aliphatic heterocycles. The molecule has 0 saturated carbocycles. The molecule has 1 amide bonds. The van der Waals surface area contributed by atoms with Crippen molar-refractivity contribution in [2.45, 2.75) is 33.4 Å². The number of carbonyl (C=O) groups excluding carboxylic acids is 2. The van der Waals surface area contributed by atoms with Crippen LogP contribution in [0.2, 0.25) is 0 Å². The number of ketones is 1. The topological polar surface area (TPSA) is 83.4 Å². The van der Waals surface area contributed by atoms with Crippen molar-refractivity contribution in [2.75, 3.05) is 0 Å². The lowest BCUT2D eigenvalue weighted by Gasteiger charge is -2.27. The third-order valence-corrected chi connectivity index (χ3v) is 6.27. The van der Waals surface area contributed by atoms with E-state index in [1.165, 1.54) is 16.2 Å². The molecule has 0 fully saturated rings. The van der Waals surface area contributed by atoms with Gasteiger partial charge in [-0.05, 0) is 44.0 Å². The van der Waals surface area contributed by atoms with Gasteiger partial charge in [0.1, 0.15) is 0 Å². The summed E-state index contributed by atoms with van der Waals surface area (Å²) >= 11 is 1.27. The lowest BCUT2D eigenvalue weighted by atomic mass is 9.92. The molecule has 7 heteroatoms. The van der Waals surface area contributed by atoms with E-state index >= 15 is 0 Å². The summed E-state index contributed by atoms with van der Waals surface area (Å²) in [4.78, 5) is 37.2. The van der Waals surface area contributed by atoms with E-state index in [1.807, 2.05) is 50.2 Å². The maximum Gasteiger partial charge on any atom is 0.290 e. The SMILES string of the molecule is Cc1nc(C)c(C(=O)C2=C(O)C(=O)N(Cc3ccccn3)C2c2ccccc2C)s1. The van der Waals surface area contributed by atoms with Crippen LogP contribution in [-0.4, -0.2) is 31.7 Å². The highest BCUT2D eigenvalue weighted by Crippen LogP contribution is 2.41. The Balaban J connectivity index is 1.84. The zero-order valence-electron chi connectivity index (χ0n) is 16.9. The molecule has 0 spiro atoms. The fourth-order valence-electron chi connectivity index (χ4n) is 3.80. The molecule has 3 heterocycles. The highest BCUT2D eigenvalue weighted by atomic mass is 32.1. The van der Waals surface area contributed by atoms with Crippen LogP contribution in [0.5, 0.6) is 0 Å². The van der Waals surface area contributed by atoms with Gasteiger partial charge >= 0.3 is 0 Å². The number of rotatable bonds is 5. The second kappa shape index (κ2) is 7.84. The van der Waals surface area contributed by atoms with E-state index in [-0.39, 0.29) is 17.9 Å². The molecule has 1 aliphatic rings. The molecule has 3 aromatic rings. The van der Waals surface area contributed by atoms with E-state index in [4.69, 9.17) is 0 Å². The normalized spacial score (nSPS) is 16.4. The number of aryl methyl sites for hydroxylation is 3. The molecule has 1 aromatic carbocycles. The summed E-state index contributed by atoms with van der Waals surface area (Å²) in [5, 5.41) is 11.6. The Labute approximate surface area is 178 Å². The Kier molecular flexibility index (Phi) is 5.22. The molecule has 4 rings (SSSR count). The van der Waals surface area contributed by atoms with Crippen LogP contribution in [0.25, 0.3) is 0 Å². The first-order valence-corrected chi connectivity index (χ1v) is 10.4. The average molecular weight is 420 g/mol. The van der Waals surface area contributed by atoms with Gasteiger partial charge in [0.15, 0.2) is 5.76 Å². The second-order valence-corrected chi connectivity index (χ2v) is 8.46. The molecule has 2 aromatic heterocycles. The van der Waals surface area contributed by atoms with Crippen molar-refractivity contribution in [3.63, 3.8) is 0 Å². The van der Waals surface area contributed by atoms with Crippen molar-refractivity contribution in [3.05, 3.63) is 92.4 Å². The number of aromatic nitrogens is 2. The van der Waals surface area contributed by atoms with Crippen molar-refractivity contribution in [3.8, 4) is 0 Å². The number of benzene rings is 1. The Bertz CT molecular complexity index is 1170. The highest BCUT2D eigenvalue weighted by molar-refractivity contribution is 7.14. The van der Waals surface area contributed by atoms with Gasteiger partial charge in [0.25, 0.3) is 5.91 Å². The van der Waals surface area contributed by atoms with Crippen LogP contribution in [0.3, 0.4) is 0 Å². The van der Waals surface area contributed by atoms with Crippen LogP contribution in [0, 0.1) is 20.8 Å². The largest absolute Gasteiger partial charge is 0.503 e. The van der Waals surface area contributed by atoms with Gasteiger partial charge in [-0.2, -0.15) is 0 Å². The summed E-state index contributed by atoms with van der Waals surface area (Å²) < 4.78 is 0. The predicted octanol–water partition coefficient (Wildman–Crippen LogP) is 4.24. The monoisotopic (exact) mass is 419 g/mol. The second-order valence-electron chi connectivity index (χ2n) is 7.25. The maximum atomic E-state index is 13.5. The predicted molar refractivity (Wildman–Crippen MR) is 114 cm³/mol. The van der Waals surface area contributed by atoms with Crippen molar-refractivity contribution < 1.29 is 14.7 Å². The summed E-state index contributed by atoms with van der Waals surface area (Å²) in [6, 6.07) is 12.3. The number of carbonyl (C=O) groups is 2. The van der Waals surface area contributed by atoms with Crippen LogP contribution >= 0.6 is 11.3 Å². The zero-order chi connectivity index (χ0) is 21.4. The number of nitrogens with zero attached hydrogens (tertiary/aromatic N) is 3.